The molecule has 0 fully saturated rings. The predicted octanol–water partition coefficient (Wildman–Crippen LogP) is 4.00. The number of hydrogen-bond donors (Lipinski definition) is 0. The summed E-state index contributed by atoms with van der Waals surface area (Å²) in [6.07, 6.45) is 2.17. The first kappa shape index (κ1) is 10.0. The Morgan fingerprint density at radius 2 is 1.86 bits per heavy atom. The van der Waals surface area contributed by atoms with Gasteiger partial charge in [-0.25, -0.2) is 0 Å². The van der Waals surface area contributed by atoms with Crippen molar-refractivity contribution < 1.29 is 0 Å². The Hall–Kier alpha value is -0.510. The summed E-state index contributed by atoms with van der Waals surface area (Å²) in [7, 11) is 0. The number of benzene rings is 1. The van der Waals surface area contributed by atoms with Crippen LogP contribution in [0.5, 0.6) is 0 Å². The monoisotopic (exact) mass is 299 g/mol. The highest BCUT2D eigenvalue weighted by Crippen LogP contribution is 2.24. The smallest absolute Gasteiger partial charge is 0.0485 e. The van der Waals surface area contributed by atoms with Crippen molar-refractivity contribution in [2.75, 3.05) is 0 Å². The van der Waals surface area contributed by atoms with Crippen LogP contribution in [0.3, 0.4) is 0 Å². The molecule has 0 unspecified atom stereocenters. The van der Waals surface area contributed by atoms with E-state index in [4.69, 9.17) is 0 Å². The lowest BCUT2D eigenvalue weighted by Crippen LogP contribution is -2.20. The quantitative estimate of drug-likeness (QED) is 0.648. The van der Waals surface area contributed by atoms with Gasteiger partial charge in [-0.3, -0.25) is 0 Å². The molecule has 0 saturated heterocycles. The number of rotatable bonds is 0. The molecule has 0 N–H and O–H groups in total. The average Bonchev–Trinajstić information content (AvgIpc) is 2.45. The van der Waals surface area contributed by atoms with Crippen molar-refractivity contribution in [2.24, 2.45) is 0 Å². The lowest BCUT2D eigenvalue weighted by Gasteiger charge is -2.22. The van der Waals surface area contributed by atoms with Crippen molar-refractivity contribution >= 4 is 33.5 Å². The van der Waals surface area contributed by atoms with Crippen LogP contribution in [-0.2, 0) is 5.54 Å². The largest absolute Gasteiger partial charge is 0.342 e. The van der Waals surface area contributed by atoms with Gasteiger partial charge in [0.25, 0.3) is 0 Å². The van der Waals surface area contributed by atoms with Gasteiger partial charge in [-0.05, 0) is 67.6 Å². The molecule has 2 rings (SSSR count). The molecule has 0 bridgehead atoms. The molecule has 0 aliphatic rings. The van der Waals surface area contributed by atoms with Crippen LogP contribution < -0.4 is 0 Å². The zero-order chi connectivity index (χ0) is 10.3. The Labute approximate surface area is 98.3 Å². The van der Waals surface area contributed by atoms with E-state index >= 15 is 0 Å². The summed E-state index contributed by atoms with van der Waals surface area (Å²) in [4.78, 5) is 0. The maximum atomic E-state index is 2.35. The molecule has 1 aromatic carbocycles. The minimum absolute atomic E-state index is 0.161. The number of hydrogen-bond acceptors (Lipinski definition) is 0. The standard InChI is InChI=1S/C12H14IN/c1-12(2,3)14-7-6-9-8-10(13)4-5-11(9)14/h4-8H,1-3H3. The van der Waals surface area contributed by atoms with Gasteiger partial charge in [-0.2, -0.15) is 0 Å². The van der Waals surface area contributed by atoms with Gasteiger partial charge in [-0.15, -0.1) is 0 Å². The minimum Gasteiger partial charge on any atom is -0.342 e. The minimum atomic E-state index is 0.161. The SMILES string of the molecule is CC(C)(C)n1ccc2cc(I)ccc21. The Morgan fingerprint density at radius 3 is 2.50 bits per heavy atom. The van der Waals surface area contributed by atoms with Gasteiger partial charge in [0.2, 0.25) is 0 Å². The first-order valence-electron chi connectivity index (χ1n) is 4.75. The van der Waals surface area contributed by atoms with Crippen molar-refractivity contribution in [1.82, 2.24) is 4.57 Å². The molecule has 2 aromatic rings. The topological polar surface area (TPSA) is 4.93 Å². The predicted molar refractivity (Wildman–Crippen MR) is 69.7 cm³/mol. The molecule has 14 heavy (non-hydrogen) atoms. The molecule has 1 nitrogen and oxygen atoms in total. The number of halogens is 1. The van der Waals surface area contributed by atoms with Gasteiger partial charge in [0, 0.05) is 26.2 Å². The van der Waals surface area contributed by atoms with Crippen LogP contribution in [0.25, 0.3) is 10.9 Å². The van der Waals surface area contributed by atoms with E-state index in [1.807, 2.05) is 0 Å². The van der Waals surface area contributed by atoms with Crippen LogP contribution in [0.2, 0.25) is 0 Å². The fourth-order valence-corrected chi connectivity index (χ4v) is 2.21. The molecule has 2 heteroatoms. The van der Waals surface area contributed by atoms with E-state index in [0.717, 1.165) is 0 Å². The first-order valence-corrected chi connectivity index (χ1v) is 5.83. The van der Waals surface area contributed by atoms with E-state index in [-0.39, 0.29) is 5.54 Å². The maximum Gasteiger partial charge on any atom is 0.0485 e. The van der Waals surface area contributed by atoms with Gasteiger partial charge in [0.15, 0.2) is 0 Å². The number of fused-ring (bicyclic) bond motifs is 1. The molecule has 0 spiro atoms. The van der Waals surface area contributed by atoms with E-state index in [0.29, 0.717) is 0 Å². The summed E-state index contributed by atoms with van der Waals surface area (Å²) >= 11 is 2.35. The summed E-state index contributed by atoms with van der Waals surface area (Å²) < 4.78 is 3.61. The third kappa shape index (κ3) is 1.67. The van der Waals surface area contributed by atoms with Crippen molar-refractivity contribution in [3.05, 3.63) is 34.0 Å². The molecule has 0 amide bonds. The highest BCUT2D eigenvalue weighted by atomic mass is 127. The maximum absolute atomic E-state index is 2.35. The number of aromatic nitrogens is 1. The molecule has 1 heterocycles. The van der Waals surface area contributed by atoms with E-state index in [1.165, 1.54) is 14.5 Å². The Morgan fingerprint density at radius 1 is 1.14 bits per heavy atom. The molecule has 0 atom stereocenters. The summed E-state index contributed by atoms with van der Waals surface area (Å²) in [6, 6.07) is 8.76. The van der Waals surface area contributed by atoms with Gasteiger partial charge in [0.05, 0.1) is 0 Å². The van der Waals surface area contributed by atoms with Gasteiger partial charge < -0.3 is 4.57 Å². The zero-order valence-electron chi connectivity index (χ0n) is 8.71. The average molecular weight is 299 g/mol. The highest BCUT2D eigenvalue weighted by molar-refractivity contribution is 14.1. The second kappa shape index (κ2) is 3.26. The Kier molecular flexibility index (Phi) is 2.33. The molecule has 0 radical (unpaired) electrons. The van der Waals surface area contributed by atoms with E-state index < -0.39 is 0 Å². The fourth-order valence-electron chi connectivity index (χ4n) is 1.70. The fraction of sp³-hybridized carbons (Fsp3) is 0.333. The molecular formula is C12H14IN. The second-order valence-corrected chi connectivity index (χ2v) is 5.81. The zero-order valence-corrected chi connectivity index (χ0v) is 10.9. The van der Waals surface area contributed by atoms with E-state index in [9.17, 15) is 0 Å². The molecule has 0 aliphatic heterocycles. The van der Waals surface area contributed by atoms with Crippen molar-refractivity contribution in [1.29, 1.82) is 0 Å². The van der Waals surface area contributed by atoms with Gasteiger partial charge in [-0.1, -0.05) is 0 Å². The third-order valence-corrected chi connectivity index (χ3v) is 3.05. The summed E-state index contributed by atoms with van der Waals surface area (Å²) in [6.45, 7) is 6.68. The molecular weight excluding hydrogens is 285 g/mol. The van der Waals surface area contributed by atoms with Gasteiger partial charge in [0.1, 0.15) is 0 Å². The van der Waals surface area contributed by atoms with E-state index in [2.05, 4.69) is 78.4 Å². The lowest BCUT2D eigenvalue weighted by molar-refractivity contribution is 0.411. The molecule has 0 aliphatic carbocycles. The normalized spacial score (nSPS) is 12.3. The van der Waals surface area contributed by atoms with Crippen molar-refractivity contribution in [3.8, 4) is 0 Å². The first-order chi connectivity index (χ1) is 6.48. The van der Waals surface area contributed by atoms with Crippen LogP contribution in [0.1, 0.15) is 20.8 Å². The number of nitrogens with zero attached hydrogens (tertiary/aromatic N) is 1. The van der Waals surface area contributed by atoms with Gasteiger partial charge >= 0.3 is 0 Å². The van der Waals surface area contributed by atoms with Crippen molar-refractivity contribution in [2.45, 2.75) is 26.3 Å². The molecule has 0 saturated carbocycles. The molecule has 74 valence electrons. The second-order valence-electron chi connectivity index (χ2n) is 4.56. The molecule has 1 aromatic heterocycles. The van der Waals surface area contributed by atoms with E-state index in [1.54, 1.807) is 0 Å². The lowest BCUT2D eigenvalue weighted by atomic mass is 10.1. The Bertz CT molecular complexity index is 463. The highest BCUT2D eigenvalue weighted by Gasteiger charge is 2.14. The van der Waals surface area contributed by atoms with Crippen LogP contribution in [-0.4, -0.2) is 4.57 Å². The summed E-state index contributed by atoms with van der Waals surface area (Å²) in [5.41, 5.74) is 1.48. The summed E-state index contributed by atoms with van der Waals surface area (Å²) in [5, 5.41) is 1.33. The summed E-state index contributed by atoms with van der Waals surface area (Å²) in [5.74, 6) is 0. The Balaban J connectivity index is 2.70. The van der Waals surface area contributed by atoms with Crippen LogP contribution in [0.4, 0.5) is 0 Å². The third-order valence-electron chi connectivity index (χ3n) is 2.37. The van der Waals surface area contributed by atoms with Crippen molar-refractivity contribution in [3.63, 3.8) is 0 Å². The van der Waals surface area contributed by atoms with Crippen LogP contribution in [0.15, 0.2) is 30.5 Å². The van der Waals surface area contributed by atoms with Crippen LogP contribution >= 0.6 is 22.6 Å². The van der Waals surface area contributed by atoms with Crippen LogP contribution in [0, 0.1) is 3.57 Å².